The van der Waals surface area contributed by atoms with Crippen molar-refractivity contribution in [2.24, 2.45) is 0 Å². The lowest BCUT2D eigenvalue weighted by atomic mass is 10.3. The van der Waals surface area contributed by atoms with Crippen LogP contribution in [-0.2, 0) is 65.4 Å². The summed E-state index contributed by atoms with van der Waals surface area (Å²) in [6, 6.07) is 0. The molecule has 290 valence electrons. The predicted octanol–water partition coefficient (Wildman–Crippen LogP) is 1.03. The van der Waals surface area contributed by atoms with Crippen LogP contribution in [0.2, 0.25) is 0 Å². The standard InChI is InChI=1S/C16H32NO8P.C13H26NO8P/c1-6-8-15(18)22-12-14(25-16(19)9-7-2)13-24-26(20,21)23-11-10-17(3,4)5;1-3-5-12(15)19-9-11(22-13(16)6-4-2)10-21-23(17,18)20-8-7-14/h14H,6-13H2,1-5H3;11H,3-10,14H2,1-2H3,(H,17,18)/t14-;11-/m11/s1. The molecule has 0 radical (unpaired) electrons. The summed E-state index contributed by atoms with van der Waals surface area (Å²) in [4.78, 5) is 69.2. The molecular weight excluding hydrogens is 694 g/mol. The zero-order chi connectivity index (χ0) is 37.9. The van der Waals surface area contributed by atoms with Crippen LogP contribution < -0.4 is 15.5 Å². The fraction of sp³-hybridized carbons (Fsp3) is 0.862. The van der Waals surface area contributed by atoms with Gasteiger partial charge in [-0.05, 0) is 25.7 Å². The lowest BCUT2D eigenvalue weighted by Crippen LogP contribution is -2.52. The lowest BCUT2D eigenvalue weighted by molar-refractivity contribution is -0.870. The monoisotopic (exact) mass is 752 g/mol. The molecule has 20 heteroatoms. The van der Waals surface area contributed by atoms with Gasteiger partial charge in [-0.15, -0.1) is 0 Å². The zero-order valence-corrected chi connectivity index (χ0v) is 31.8. The summed E-state index contributed by atoms with van der Waals surface area (Å²) in [6.45, 7) is 6.35. The van der Waals surface area contributed by atoms with Gasteiger partial charge in [-0.1, -0.05) is 27.7 Å². The Labute approximate surface area is 290 Å². The van der Waals surface area contributed by atoms with Crippen molar-refractivity contribution in [2.45, 2.75) is 91.3 Å². The molecule has 0 saturated heterocycles. The van der Waals surface area contributed by atoms with Crippen LogP contribution in [0.25, 0.3) is 0 Å². The second-order valence-electron chi connectivity index (χ2n) is 11.6. The Kier molecular flexibility index (Phi) is 27.8. The molecule has 0 fully saturated rings. The third kappa shape index (κ3) is 31.7. The number of esters is 4. The van der Waals surface area contributed by atoms with Crippen LogP contribution in [0, 0.1) is 0 Å². The van der Waals surface area contributed by atoms with Crippen molar-refractivity contribution in [3.63, 3.8) is 0 Å². The summed E-state index contributed by atoms with van der Waals surface area (Å²) in [5, 5.41) is 0. The van der Waals surface area contributed by atoms with E-state index in [1.165, 1.54) is 0 Å². The van der Waals surface area contributed by atoms with Gasteiger partial charge in [0.2, 0.25) is 0 Å². The number of phosphoric acid groups is 2. The molecule has 49 heavy (non-hydrogen) atoms. The third-order valence-corrected chi connectivity index (χ3v) is 7.44. The second kappa shape index (κ2) is 27.7. The minimum absolute atomic E-state index is 0.0317. The van der Waals surface area contributed by atoms with E-state index < -0.39 is 64.9 Å². The molecular formula is C29H58N2O16P2. The molecule has 4 atom stereocenters. The highest BCUT2D eigenvalue weighted by molar-refractivity contribution is 7.46. The van der Waals surface area contributed by atoms with E-state index >= 15 is 0 Å². The van der Waals surface area contributed by atoms with E-state index in [0.717, 1.165) is 0 Å². The molecule has 0 amide bonds. The normalized spacial score (nSPS) is 15.0. The van der Waals surface area contributed by atoms with Crippen LogP contribution in [0.5, 0.6) is 0 Å². The highest BCUT2D eigenvalue weighted by atomic mass is 31.2. The molecule has 0 spiro atoms. The topological polar surface area (TPSA) is 250 Å². The SMILES string of the molecule is CCCC(=O)OC[C@H](COP(=O)([O-])OCC[N+](C)(C)C)OC(=O)CCC.CCCC(=O)OC[C@H](COP(=O)([O-])OCC[NH3+])OC(=O)CCC. The van der Waals surface area contributed by atoms with Crippen molar-refractivity contribution in [1.29, 1.82) is 0 Å². The molecule has 0 heterocycles. The van der Waals surface area contributed by atoms with Gasteiger partial charge in [0.1, 0.15) is 33.0 Å². The highest BCUT2D eigenvalue weighted by Gasteiger charge is 2.22. The highest BCUT2D eigenvalue weighted by Crippen LogP contribution is 2.39. The quantitative estimate of drug-likeness (QED) is 0.0532. The van der Waals surface area contributed by atoms with E-state index in [0.29, 0.717) is 36.7 Å². The molecule has 0 aliphatic carbocycles. The second-order valence-corrected chi connectivity index (χ2v) is 14.4. The predicted molar refractivity (Wildman–Crippen MR) is 171 cm³/mol. The fourth-order valence-electron chi connectivity index (χ4n) is 3.08. The molecule has 0 aliphatic rings. The van der Waals surface area contributed by atoms with E-state index in [1.54, 1.807) is 13.8 Å². The van der Waals surface area contributed by atoms with Gasteiger partial charge in [-0.25, -0.2) is 0 Å². The Bertz CT molecular complexity index is 1040. The number of ether oxygens (including phenoxy) is 4. The number of carbonyl (C=O) groups is 4. The number of carbonyl (C=O) groups excluding carboxylic acids is 4. The summed E-state index contributed by atoms with van der Waals surface area (Å²) in [5.74, 6) is -1.94. The van der Waals surface area contributed by atoms with Crippen molar-refractivity contribution >= 4 is 39.5 Å². The van der Waals surface area contributed by atoms with Gasteiger partial charge >= 0.3 is 23.9 Å². The summed E-state index contributed by atoms with van der Waals surface area (Å²) < 4.78 is 62.6. The number of quaternary nitrogens is 2. The van der Waals surface area contributed by atoms with Gasteiger partial charge in [0, 0.05) is 25.7 Å². The Morgan fingerprint density at radius 1 is 0.592 bits per heavy atom. The van der Waals surface area contributed by atoms with Gasteiger partial charge < -0.3 is 57.0 Å². The zero-order valence-electron chi connectivity index (χ0n) is 30.0. The van der Waals surface area contributed by atoms with Crippen LogP contribution in [0.3, 0.4) is 0 Å². The van der Waals surface area contributed by atoms with Crippen LogP contribution in [0.15, 0.2) is 0 Å². The Morgan fingerprint density at radius 2 is 0.939 bits per heavy atom. The number of hydrogen-bond donors (Lipinski definition) is 1. The minimum Gasteiger partial charge on any atom is -0.756 e. The molecule has 0 rings (SSSR count). The molecule has 0 aromatic carbocycles. The maximum Gasteiger partial charge on any atom is 0.306 e. The summed E-state index contributed by atoms with van der Waals surface area (Å²) in [6.07, 6.45) is 1.16. The average molecular weight is 753 g/mol. The summed E-state index contributed by atoms with van der Waals surface area (Å²) in [7, 11) is -3.36. The van der Waals surface area contributed by atoms with E-state index in [4.69, 9.17) is 28.0 Å². The fourth-order valence-corrected chi connectivity index (χ4v) is 4.59. The molecule has 3 N–H and O–H groups in total. The number of phosphoric ester groups is 2. The Balaban J connectivity index is 0. The van der Waals surface area contributed by atoms with Crippen molar-refractivity contribution in [2.75, 3.05) is 73.9 Å². The average Bonchev–Trinajstić information content (AvgIpc) is 2.99. The number of likely N-dealkylation sites (N-methyl/N-ethyl adjacent to an activating group) is 1. The molecule has 0 saturated carbocycles. The molecule has 0 aromatic rings. The van der Waals surface area contributed by atoms with Crippen molar-refractivity contribution in [3.05, 3.63) is 0 Å². The van der Waals surface area contributed by atoms with Gasteiger partial charge in [-0.2, -0.15) is 0 Å². The first-order valence-electron chi connectivity index (χ1n) is 16.3. The maximum atomic E-state index is 11.8. The third-order valence-electron chi connectivity index (χ3n) is 5.52. The van der Waals surface area contributed by atoms with Crippen LogP contribution in [0.1, 0.15) is 79.1 Å². The number of hydrogen-bond acceptors (Lipinski definition) is 16. The molecule has 0 aromatic heterocycles. The summed E-state index contributed by atoms with van der Waals surface area (Å²) >= 11 is 0. The van der Waals surface area contributed by atoms with Gasteiger partial charge in [0.05, 0.1) is 40.9 Å². The number of nitrogens with zero attached hydrogens (tertiary/aromatic N) is 1. The van der Waals surface area contributed by atoms with E-state index in [2.05, 4.69) is 14.8 Å². The van der Waals surface area contributed by atoms with E-state index in [9.17, 15) is 38.1 Å². The van der Waals surface area contributed by atoms with Crippen molar-refractivity contribution in [1.82, 2.24) is 0 Å². The van der Waals surface area contributed by atoms with Crippen molar-refractivity contribution in [3.8, 4) is 0 Å². The van der Waals surface area contributed by atoms with Crippen LogP contribution in [-0.4, -0.2) is 114 Å². The molecule has 0 aliphatic heterocycles. The first kappa shape index (κ1) is 49.1. The van der Waals surface area contributed by atoms with E-state index in [1.807, 2.05) is 35.0 Å². The minimum atomic E-state index is -4.54. The van der Waals surface area contributed by atoms with Gasteiger partial charge in [0.15, 0.2) is 12.2 Å². The van der Waals surface area contributed by atoms with Gasteiger partial charge in [0.25, 0.3) is 15.6 Å². The first-order valence-corrected chi connectivity index (χ1v) is 19.3. The Hall–Kier alpha value is -1.98. The number of rotatable bonds is 27. The van der Waals surface area contributed by atoms with Gasteiger partial charge in [-0.3, -0.25) is 28.3 Å². The lowest BCUT2D eigenvalue weighted by Gasteiger charge is -2.28. The van der Waals surface area contributed by atoms with Crippen LogP contribution in [0.4, 0.5) is 0 Å². The van der Waals surface area contributed by atoms with Crippen molar-refractivity contribution < 1.29 is 85.4 Å². The molecule has 18 nitrogen and oxygen atoms in total. The first-order chi connectivity index (χ1) is 22.8. The van der Waals surface area contributed by atoms with E-state index in [-0.39, 0.29) is 58.7 Å². The smallest absolute Gasteiger partial charge is 0.306 e. The molecule has 0 bridgehead atoms. The van der Waals surface area contributed by atoms with Crippen LogP contribution >= 0.6 is 15.6 Å². The largest absolute Gasteiger partial charge is 0.756 e. The maximum absolute atomic E-state index is 11.8. The Morgan fingerprint density at radius 3 is 1.27 bits per heavy atom. The summed E-state index contributed by atoms with van der Waals surface area (Å²) in [5.41, 5.74) is 3.44. The molecule has 2 unspecified atom stereocenters.